The molecule has 0 unspecified atom stereocenters. The smallest absolute Gasteiger partial charge is 0.161 e. The molecule has 2 N–H and O–H groups in total. The second-order valence-corrected chi connectivity index (χ2v) is 4.18. The summed E-state index contributed by atoms with van der Waals surface area (Å²) in [4.78, 5) is 8.70. The van der Waals surface area contributed by atoms with Crippen LogP contribution in [0.5, 0.6) is 0 Å². The summed E-state index contributed by atoms with van der Waals surface area (Å²) >= 11 is 0. The van der Waals surface area contributed by atoms with Crippen molar-refractivity contribution < 1.29 is 0 Å². The summed E-state index contributed by atoms with van der Waals surface area (Å²) in [6, 6.07) is 7.85. The Hall–Kier alpha value is -1.64. The number of rotatable bonds is 2. The Morgan fingerprint density at radius 3 is 2.60 bits per heavy atom. The molecule has 78 valence electrons. The van der Waals surface area contributed by atoms with E-state index in [0.29, 0.717) is 11.7 Å². The molecule has 0 bridgehead atoms. The minimum atomic E-state index is 0.525. The van der Waals surface area contributed by atoms with Crippen LogP contribution in [0.4, 0.5) is 5.82 Å². The molecule has 0 aromatic carbocycles. The molecule has 2 aromatic heterocycles. The molecular weight excluding hydrogens is 186 g/mol. The van der Waals surface area contributed by atoms with Crippen molar-refractivity contribution in [2.24, 2.45) is 5.92 Å². The van der Waals surface area contributed by atoms with Crippen molar-refractivity contribution in [2.75, 3.05) is 5.73 Å². The van der Waals surface area contributed by atoms with Crippen molar-refractivity contribution in [2.45, 2.75) is 20.3 Å². The maximum absolute atomic E-state index is 5.62. The van der Waals surface area contributed by atoms with Gasteiger partial charge in [0.15, 0.2) is 5.65 Å². The van der Waals surface area contributed by atoms with Crippen molar-refractivity contribution in [1.82, 2.24) is 9.97 Å². The second-order valence-electron chi connectivity index (χ2n) is 4.18. The molecule has 0 atom stereocenters. The van der Waals surface area contributed by atoms with Gasteiger partial charge in [0.25, 0.3) is 0 Å². The number of pyridine rings is 2. The highest BCUT2D eigenvalue weighted by Gasteiger charge is 2.02. The average Bonchev–Trinajstić information content (AvgIpc) is 2.16. The van der Waals surface area contributed by atoms with Crippen LogP contribution in [0.2, 0.25) is 0 Å². The lowest BCUT2D eigenvalue weighted by Gasteiger charge is -2.05. The minimum Gasteiger partial charge on any atom is -0.384 e. The van der Waals surface area contributed by atoms with Gasteiger partial charge in [-0.15, -0.1) is 0 Å². The van der Waals surface area contributed by atoms with Crippen molar-refractivity contribution >= 4 is 16.9 Å². The number of fused-ring (bicyclic) bond motifs is 1. The van der Waals surface area contributed by atoms with Crippen LogP contribution in [0.25, 0.3) is 11.0 Å². The Morgan fingerprint density at radius 1 is 1.13 bits per heavy atom. The molecule has 0 saturated carbocycles. The van der Waals surface area contributed by atoms with Gasteiger partial charge in [-0.2, -0.15) is 0 Å². The number of hydrogen-bond donors (Lipinski definition) is 1. The first-order chi connectivity index (χ1) is 7.15. The fraction of sp³-hybridized carbons (Fsp3) is 0.333. The molecule has 0 aliphatic carbocycles. The van der Waals surface area contributed by atoms with Gasteiger partial charge in [0, 0.05) is 11.1 Å². The predicted molar refractivity (Wildman–Crippen MR) is 62.5 cm³/mol. The van der Waals surface area contributed by atoms with Gasteiger partial charge in [0.2, 0.25) is 0 Å². The van der Waals surface area contributed by atoms with E-state index in [1.54, 1.807) is 6.07 Å². The van der Waals surface area contributed by atoms with E-state index in [9.17, 15) is 0 Å². The van der Waals surface area contributed by atoms with E-state index in [1.165, 1.54) is 0 Å². The summed E-state index contributed by atoms with van der Waals surface area (Å²) in [6.45, 7) is 4.36. The van der Waals surface area contributed by atoms with Gasteiger partial charge in [0.1, 0.15) is 5.82 Å². The van der Waals surface area contributed by atoms with Gasteiger partial charge in [-0.1, -0.05) is 13.8 Å². The number of nitrogen functional groups attached to an aromatic ring is 1. The SMILES string of the molecule is CC(C)Cc1ccc2ccc(N)nc2n1. The highest BCUT2D eigenvalue weighted by Crippen LogP contribution is 2.14. The third kappa shape index (κ3) is 2.24. The van der Waals surface area contributed by atoms with E-state index in [0.717, 1.165) is 23.1 Å². The molecule has 0 aliphatic heterocycles. The fourth-order valence-electron chi connectivity index (χ4n) is 1.58. The third-order valence-electron chi connectivity index (χ3n) is 2.25. The van der Waals surface area contributed by atoms with Crippen LogP contribution in [0, 0.1) is 5.92 Å². The molecule has 3 heteroatoms. The van der Waals surface area contributed by atoms with E-state index >= 15 is 0 Å². The van der Waals surface area contributed by atoms with Gasteiger partial charge in [-0.05, 0) is 36.6 Å². The highest BCUT2D eigenvalue weighted by molar-refractivity contribution is 5.76. The first kappa shape index (κ1) is 9.90. The van der Waals surface area contributed by atoms with Crippen molar-refractivity contribution in [3.05, 3.63) is 30.0 Å². The lowest BCUT2D eigenvalue weighted by molar-refractivity contribution is 0.637. The zero-order chi connectivity index (χ0) is 10.8. The van der Waals surface area contributed by atoms with Gasteiger partial charge in [-0.3, -0.25) is 0 Å². The third-order valence-corrected chi connectivity index (χ3v) is 2.25. The Balaban J connectivity index is 2.45. The molecule has 2 aromatic rings. The molecule has 0 radical (unpaired) electrons. The largest absolute Gasteiger partial charge is 0.384 e. The number of hydrogen-bond acceptors (Lipinski definition) is 3. The second kappa shape index (κ2) is 3.85. The maximum Gasteiger partial charge on any atom is 0.161 e. The quantitative estimate of drug-likeness (QED) is 0.811. The van der Waals surface area contributed by atoms with E-state index < -0.39 is 0 Å². The van der Waals surface area contributed by atoms with Crippen molar-refractivity contribution in [3.8, 4) is 0 Å². The summed E-state index contributed by atoms with van der Waals surface area (Å²) in [5.41, 5.74) is 7.45. The molecule has 2 heterocycles. The standard InChI is InChI=1S/C12H15N3/c1-8(2)7-10-5-3-9-4-6-11(13)15-12(9)14-10/h3-6,8H,7H2,1-2H3,(H2,13,14,15). The molecule has 0 saturated heterocycles. The Bertz CT molecular complexity index is 477. The van der Waals surface area contributed by atoms with Crippen LogP contribution in [0.15, 0.2) is 24.3 Å². The van der Waals surface area contributed by atoms with E-state index in [4.69, 9.17) is 5.73 Å². The Kier molecular flexibility index (Phi) is 2.54. The summed E-state index contributed by atoms with van der Waals surface area (Å²) in [5.74, 6) is 1.13. The molecule has 3 nitrogen and oxygen atoms in total. The molecule has 0 aliphatic rings. The van der Waals surface area contributed by atoms with E-state index in [-0.39, 0.29) is 0 Å². The predicted octanol–water partition coefficient (Wildman–Crippen LogP) is 2.41. The van der Waals surface area contributed by atoms with Gasteiger partial charge >= 0.3 is 0 Å². The lowest BCUT2D eigenvalue weighted by Crippen LogP contribution is -1.99. The van der Waals surface area contributed by atoms with Crippen LogP contribution >= 0.6 is 0 Å². The number of nitrogens with zero attached hydrogens (tertiary/aromatic N) is 2. The number of aromatic nitrogens is 2. The molecule has 0 fully saturated rings. The zero-order valence-corrected chi connectivity index (χ0v) is 9.07. The van der Waals surface area contributed by atoms with E-state index in [2.05, 4.69) is 29.9 Å². The van der Waals surface area contributed by atoms with Gasteiger partial charge < -0.3 is 5.73 Å². The molecule has 0 spiro atoms. The highest BCUT2D eigenvalue weighted by atomic mass is 14.9. The van der Waals surface area contributed by atoms with E-state index in [1.807, 2.05) is 12.1 Å². The van der Waals surface area contributed by atoms with Crippen LogP contribution < -0.4 is 5.73 Å². The summed E-state index contributed by atoms with van der Waals surface area (Å²) < 4.78 is 0. The molecule has 15 heavy (non-hydrogen) atoms. The van der Waals surface area contributed by atoms with Gasteiger partial charge in [-0.25, -0.2) is 9.97 Å². The lowest BCUT2D eigenvalue weighted by atomic mass is 10.1. The maximum atomic E-state index is 5.62. The van der Waals surface area contributed by atoms with Crippen LogP contribution in [0.3, 0.4) is 0 Å². The monoisotopic (exact) mass is 201 g/mol. The van der Waals surface area contributed by atoms with Crippen LogP contribution in [-0.2, 0) is 6.42 Å². The van der Waals surface area contributed by atoms with Crippen molar-refractivity contribution in [3.63, 3.8) is 0 Å². The first-order valence-corrected chi connectivity index (χ1v) is 5.17. The molecular formula is C12H15N3. The Labute approximate surface area is 89.4 Å². The van der Waals surface area contributed by atoms with Gasteiger partial charge in [0.05, 0.1) is 0 Å². The van der Waals surface area contributed by atoms with Crippen molar-refractivity contribution in [1.29, 1.82) is 0 Å². The summed E-state index contributed by atoms with van der Waals surface area (Å²) in [7, 11) is 0. The fourth-order valence-corrected chi connectivity index (χ4v) is 1.58. The molecule has 0 amide bonds. The first-order valence-electron chi connectivity index (χ1n) is 5.17. The normalized spacial score (nSPS) is 11.1. The zero-order valence-electron chi connectivity index (χ0n) is 9.07. The topological polar surface area (TPSA) is 51.8 Å². The van der Waals surface area contributed by atoms with Crippen LogP contribution in [-0.4, -0.2) is 9.97 Å². The number of anilines is 1. The average molecular weight is 201 g/mol. The van der Waals surface area contributed by atoms with Crippen LogP contribution in [0.1, 0.15) is 19.5 Å². The Morgan fingerprint density at radius 2 is 1.87 bits per heavy atom. The molecule has 2 rings (SSSR count). The minimum absolute atomic E-state index is 0.525. The summed E-state index contributed by atoms with van der Waals surface area (Å²) in [5, 5.41) is 1.04. The summed E-state index contributed by atoms with van der Waals surface area (Å²) in [6.07, 6.45) is 0.979. The number of nitrogens with two attached hydrogens (primary N) is 1.